The number of hydrogen-bond donors (Lipinski definition) is 2. The van der Waals surface area contributed by atoms with Gasteiger partial charge in [0.25, 0.3) is 0 Å². The fourth-order valence-corrected chi connectivity index (χ4v) is 3.31. The minimum Gasteiger partial charge on any atom is -0.481 e. The van der Waals surface area contributed by atoms with Gasteiger partial charge in [0.2, 0.25) is 5.91 Å². The van der Waals surface area contributed by atoms with Crippen molar-refractivity contribution < 1.29 is 19.1 Å². The van der Waals surface area contributed by atoms with Gasteiger partial charge >= 0.3 is 5.97 Å². The van der Waals surface area contributed by atoms with Gasteiger partial charge in [0.05, 0.1) is 17.5 Å². The molecule has 1 aliphatic rings. The Kier molecular flexibility index (Phi) is 4.98. The van der Waals surface area contributed by atoms with Crippen LogP contribution in [0.3, 0.4) is 0 Å². The molecule has 1 aromatic carbocycles. The fraction of sp³-hybridized carbons (Fsp3) is 0.467. The molecule has 1 saturated carbocycles. The maximum atomic E-state index is 13.0. The van der Waals surface area contributed by atoms with E-state index >= 15 is 0 Å². The summed E-state index contributed by atoms with van der Waals surface area (Å²) in [5, 5.41) is 12.0. The smallest absolute Gasteiger partial charge is 0.307 e. The van der Waals surface area contributed by atoms with Crippen molar-refractivity contribution in [2.45, 2.75) is 26.2 Å². The SMILES string of the molecule is CCC1CC(C(=O)O)C(C(=O)Nc2ccc(F)cc2Br)C1. The molecule has 1 aromatic rings. The van der Waals surface area contributed by atoms with Crippen LogP contribution >= 0.6 is 15.9 Å². The van der Waals surface area contributed by atoms with E-state index in [1.54, 1.807) is 0 Å². The normalized spacial score (nSPS) is 24.8. The molecular weight excluding hydrogens is 341 g/mol. The van der Waals surface area contributed by atoms with Crippen LogP contribution in [-0.2, 0) is 9.59 Å². The third-order valence-corrected chi connectivity index (χ3v) is 4.74. The number of carboxylic acid groups (broad SMARTS) is 1. The molecule has 3 atom stereocenters. The van der Waals surface area contributed by atoms with Gasteiger partial charge < -0.3 is 10.4 Å². The van der Waals surface area contributed by atoms with Crippen LogP contribution in [0.5, 0.6) is 0 Å². The second kappa shape index (κ2) is 6.56. The molecule has 1 aliphatic carbocycles. The lowest BCUT2D eigenvalue weighted by Gasteiger charge is -2.16. The zero-order valence-electron chi connectivity index (χ0n) is 11.6. The van der Waals surface area contributed by atoms with Gasteiger partial charge in [-0.05, 0) is 52.9 Å². The van der Waals surface area contributed by atoms with E-state index in [1.807, 2.05) is 6.92 Å². The molecule has 0 aliphatic heterocycles. The van der Waals surface area contributed by atoms with Crippen LogP contribution in [0.1, 0.15) is 26.2 Å². The first-order valence-corrected chi connectivity index (χ1v) is 7.70. The monoisotopic (exact) mass is 357 g/mol. The van der Waals surface area contributed by atoms with E-state index in [2.05, 4.69) is 21.2 Å². The number of nitrogens with one attached hydrogen (secondary N) is 1. The van der Waals surface area contributed by atoms with Gasteiger partial charge in [-0.3, -0.25) is 9.59 Å². The highest BCUT2D eigenvalue weighted by molar-refractivity contribution is 9.10. The maximum Gasteiger partial charge on any atom is 0.307 e. The molecule has 0 spiro atoms. The molecule has 2 rings (SSSR count). The Morgan fingerprint density at radius 2 is 2.05 bits per heavy atom. The average molecular weight is 358 g/mol. The van der Waals surface area contributed by atoms with Crippen molar-refractivity contribution in [3.63, 3.8) is 0 Å². The predicted octanol–water partition coefficient (Wildman–Crippen LogP) is 3.66. The Balaban J connectivity index is 2.13. The standard InChI is InChI=1S/C15H17BrFNO3/c1-2-8-5-10(11(6-8)15(20)21)14(19)18-13-4-3-9(17)7-12(13)16/h3-4,7-8,10-11H,2,5-6H2,1H3,(H,18,19)(H,20,21). The van der Waals surface area contributed by atoms with Crippen LogP contribution in [0.2, 0.25) is 0 Å². The van der Waals surface area contributed by atoms with Gasteiger partial charge in [-0.2, -0.15) is 0 Å². The van der Waals surface area contributed by atoms with E-state index in [4.69, 9.17) is 0 Å². The zero-order chi connectivity index (χ0) is 15.6. The second-order valence-electron chi connectivity index (χ2n) is 5.41. The van der Waals surface area contributed by atoms with Crippen LogP contribution in [0.25, 0.3) is 0 Å². The number of benzene rings is 1. The van der Waals surface area contributed by atoms with Crippen molar-refractivity contribution in [3.05, 3.63) is 28.5 Å². The summed E-state index contributed by atoms with van der Waals surface area (Å²) in [7, 11) is 0. The van der Waals surface area contributed by atoms with Gasteiger partial charge in [0, 0.05) is 4.47 Å². The van der Waals surface area contributed by atoms with E-state index in [-0.39, 0.29) is 11.8 Å². The molecule has 4 nitrogen and oxygen atoms in total. The number of carbonyl (C=O) groups excluding carboxylic acids is 1. The Bertz CT molecular complexity index is 564. The lowest BCUT2D eigenvalue weighted by molar-refractivity contribution is -0.145. The third kappa shape index (κ3) is 3.61. The predicted molar refractivity (Wildman–Crippen MR) is 80.4 cm³/mol. The van der Waals surface area contributed by atoms with Crippen molar-refractivity contribution >= 4 is 33.5 Å². The van der Waals surface area contributed by atoms with Gasteiger partial charge in [-0.1, -0.05) is 13.3 Å². The minimum absolute atomic E-state index is 0.263. The molecule has 2 N–H and O–H groups in total. The summed E-state index contributed by atoms with van der Waals surface area (Å²) in [4.78, 5) is 23.6. The molecule has 0 bridgehead atoms. The van der Waals surface area contributed by atoms with Crippen molar-refractivity contribution in [3.8, 4) is 0 Å². The molecule has 21 heavy (non-hydrogen) atoms. The highest BCUT2D eigenvalue weighted by atomic mass is 79.9. The topological polar surface area (TPSA) is 66.4 Å². The van der Waals surface area contributed by atoms with Gasteiger partial charge in [0.15, 0.2) is 0 Å². The van der Waals surface area contributed by atoms with Gasteiger partial charge in [-0.15, -0.1) is 0 Å². The molecule has 1 amide bonds. The van der Waals surface area contributed by atoms with E-state index < -0.39 is 23.6 Å². The highest BCUT2D eigenvalue weighted by Gasteiger charge is 2.42. The van der Waals surface area contributed by atoms with Gasteiger partial charge in [0.1, 0.15) is 5.82 Å². The van der Waals surface area contributed by atoms with E-state index in [9.17, 15) is 19.1 Å². The van der Waals surface area contributed by atoms with E-state index in [1.165, 1.54) is 18.2 Å². The first-order chi connectivity index (χ1) is 9.92. The van der Waals surface area contributed by atoms with Crippen molar-refractivity contribution in [1.29, 1.82) is 0 Å². The Hall–Kier alpha value is -1.43. The summed E-state index contributed by atoms with van der Waals surface area (Å²) in [6.45, 7) is 2.00. The number of halogens is 2. The van der Waals surface area contributed by atoms with Crippen molar-refractivity contribution in [1.82, 2.24) is 0 Å². The molecule has 0 aromatic heterocycles. The number of rotatable bonds is 4. The number of hydrogen-bond acceptors (Lipinski definition) is 2. The largest absolute Gasteiger partial charge is 0.481 e. The number of amides is 1. The summed E-state index contributed by atoms with van der Waals surface area (Å²) < 4.78 is 13.5. The second-order valence-corrected chi connectivity index (χ2v) is 6.26. The molecule has 1 fully saturated rings. The van der Waals surface area contributed by atoms with E-state index in [0.717, 1.165) is 6.42 Å². The minimum atomic E-state index is -0.927. The molecule has 0 heterocycles. The molecule has 114 valence electrons. The van der Waals surface area contributed by atoms with Crippen LogP contribution in [0, 0.1) is 23.6 Å². The average Bonchev–Trinajstić information content (AvgIpc) is 2.86. The lowest BCUT2D eigenvalue weighted by Crippen LogP contribution is -2.30. The highest BCUT2D eigenvalue weighted by Crippen LogP contribution is 2.39. The molecule has 0 radical (unpaired) electrons. The zero-order valence-corrected chi connectivity index (χ0v) is 13.2. The summed E-state index contributed by atoms with van der Waals surface area (Å²) >= 11 is 3.18. The first-order valence-electron chi connectivity index (χ1n) is 6.91. The quantitative estimate of drug-likeness (QED) is 0.863. The summed E-state index contributed by atoms with van der Waals surface area (Å²) in [6, 6.07) is 3.96. The van der Waals surface area contributed by atoms with Crippen LogP contribution in [0.15, 0.2) is 22.7 Å². The first kappa shape index (κ1) is 15.9. The molecular formula is C15H17BrFNO3. The van der Waals surface area contributed by atoms with Crippen molar-refractivity contribution in [2.24, 2.45) is 17.8 Å². The number of anilines is 1. The van der Waals surface area contributed by atoms with Gasteiger partial charge in [-0.25, -0.2) is 4.39 Å². The summed E-state index contributed by atoms with van der Waals surface area (Å²) in [5.74, 6) is -2.57. The molecule has 6 heteroatoms. The Morgan fingerprint density at radius 3 is 2.62 bits per heavy atom. The number of aliphatic carboxylic acids is 1. The van der Waals surface area contributed by atoms with Crippen LogP contribution in [0.4, 0.5) is 10.1 Å². The van der Waals surface area contributed by atoms with Crippen molar-refractivity contribution in [2.75, 3.05) is 5.32 Å². The number of carboxylic acids is 1. The third-order valence-electron chi connectivity index (χ3n) is 4.08. The van der Waals surface area contributed by atoms with Crippen LogP contribution in [-0.4, -0.2) is 17.0 Å². The summed E-state index contributed by atoms with van der Waals surface area (Å²) in [5.41, 5.74) is 0.450. The molecule has 3 unspecified atom stereocenters. The Morgan fingerprint density at radius 1 is 1.38 bits per heavy atom. The van der Waals surface area contributed by atoms with E-state index in [0.29, 0.717) is 23.0 Å². The number of carbonyl (C=O) groups is 2. The maximum absolute atomic E-state index is 13.0. The lowest BCUT2D eigenvalue weighted by atomic mass is 9.95. The van der Waals surface area contributed by atoms with Crippen LogP contribution < -0.4 is 5.32 Å². The summed E-state index contributed by atoms with van der Waals surface area (Å²) in [6.07, 6.45) is 1.99. The fourth-order valence-electron chi connectivity index (χ4n) is 2.86. The Labute approximate surface area is 130 Å². The molecule has 0 saturated heterocycles.